The molecule has 1 unspecified atom stereocenters. The van der Waals surface area contributed by atoms with Gasteiger partial charge in [-0.15, -0.1) is 0 Å². The molecule has 0 fully saturated rings. The van der Waals surface area contributed by atoms with E-state index < -0.39 is 11.9 Å². The van der Waals surface area contributed by atoms with Gasteiger partial charge in [0.1, 0.15) is 11.9 Å². The van der Waals surface area contributed by atoms with Crippen molar-refractivity contribution in [2.24, 2.45) is 0 Å². The maximum absolute atomic E-state index is 13.6. The van der Waals surface area contributed by atoms with Crippen LogP contribution >= 0.6 is 11.6 Å². The summed E-state index contributed by atoms with van der Waals surface area (Å²) in [7, 11) is 0. The van der Waals surface area contributed by atoms with Crippen LogP contribution in [0.2, 0.25) is 5.02 Å². The summed E-state index contributed by atoms with van der Waals surface area (Å²) in [5, 5.41) is 13.5. The molecule has 0 saturated carbocycles. The van der Waals surface area contributed by atoms with Gasteiger partial charge in [0.05, 0.1) is 10.6 Å². The van der Waals surface area contributed by atoms with E-state index in [9.17, 15) is 9.50 Å². The molecule has 0 amide bonds. The maximum atomic E-state index is 13.6. The van der Waals surface area contributed by atoms with Crippen molar-refractivity contribution < 1.29 is 14.0 Å². The van der Waals surface area contributed by atoms with Crippen molar-refractivity contribution in [1.82, 2.24) is 10.1 Å². The molecule has 0 aliphatic heterocycles. The molecule has 6 heteroatoms. The third kappa shape index (κ3) is 2.52. The number of nitrogens with zero attached hydrogens (tertiary/aromatic N) is 2. The molecule has 1 N–H and O–H groups in total. The zero-order valence-electron chi connectivity index (χ0n) is 9.73. The average molecular weight is 271 g/mol. The van der Waals surface area contributed by atoms with E-state index in [1.54, 1.807) is 0 Å². The van der Waals surface area contributed by atoms with Crippen LogP contribution in [-0.4, -0.2) is 15.2 Å². The zero-order valence-corrected chi connectivity index (χ0v) is 10.5. The fourth-order valence-electron chi connectivity index (χ4n) is 1.58. The Morgan fingerprint density at radius 1 is 1.50 bits per heavy atom. The molecule has 96 valence electrons. The Hall–Kier alpha value is -1.46. The van der Waals surface area contributed by atoms with Crippen LogP contribution in [-0.2, 0) is 0 Å². The van der Waals surface area contributed by atoms with Crippen LogP contribution in [0.4, 0.5) is 4.39 Å². The van der Waals surface area contributed by atoms with Crippen molar-refractivity contribution in [3.63, 3.8) is 0 Å². The quantitative estimate of drug-likeness (QED) is 0.925. The number of halogens is 2. The van der Waals surface area contributed by atoms with Crippen molar-refractivity contribution in [2.45, 2.75) is 25.9 Å². The Labute approximate surface area is 108 Å². The molecular weight excluding hydrogens is 259 g/mol. The third-order valence-electron chi connectivity index (χ3n) is 2.48. The van der Waals surface area contributed by atoms with E-state index in [0.29, 0.717) is 6.42 Å². The van der Waals surface area contributed by atoms with E-state index in [2.05, 4.69) is 10.1 Å². The normalized spacial score (nSPS) is 12.7. The number of aliphatic hydroxyl groups excluding tert-OH is 1. The summed E-state index contributed by atoms with van der Waals surface area (Å²) in [5.74, 6) is -0.419. The Morgan fingerprint density at radius 3 is 2.94 bits per heavy atom. The number of hydrogen-bond donors (Lipinski definition) is 1. The summed E-state index contributed by atoms with van der Waals surface area (Å²) in [6, 6.07) is 4.28. The van der Waals surface area contributed by atoms with Gasteiger partial charge in [0.15, 0.2) is 0 Å². The molecule has 0 radical (unpaired) electrons. The summed E-state index contributed by atoms with van der Waals surface area (Å²) in [4.78, 5) is 3.97. The number of benzene rings is 1. The Morgan fingerprint density at radius 2 is 2.28 bits per heavy atom. The van der Waals surface area contributed by atoms with Crippen LogP contribution in [0.1, 0.15) is 31.7 Å². The summed E-state index contributed by atoms with van der Waals surface area (Å²) < 4.78 is 18.6. The van der Waals surface area contributed by atoms with Gasteiger partial charge in [-0.05, 0) is 18.6 Å². The molecule has 0 bridgehead atoms. The van der Waals surface area contributed by atoms with Crippen LogP contribution in [0.3, 0.4) is 0 Å². The molecule has 0 saturated heterocycles. The highest BCUT2D eigenvalue weighted by atomic mass is 35.5. The van der Waals surface area contributed by atoms with Gasteiger partial charge in [-0.25, -0.2) is 4.39 Å². The summed E-state index contributed by atoms with van der Waals surface area (Å²) in [6.07, 6.45) is 0.494. The highest BCUT2D eigenvalue weighted by Gasteiger charge is 2.19. The first kappa shape index (κ1) is 13.0. The molecule has 1 aromatic heterocycles. The second-order valence-electron chi connectivity index (χ2n) is 3.86. The molecule has 1 atom stereocenters. The van der Waals surface area contributed by atoms with E-state index in [1.165, 1.54) is 18.2 Å². The number of rotatable bonds is 4. The highest BCUT2D eigenvalue weighted by molar-refractivity contribution is 6.33. The van der Waals surface area contributed by atoms with Gasteiger partial charge in [-0.3, -0.25) is 0 Å². The van der Waals surface area contributed by atoms with Crippen molar-refractivity contribution in [3.05, 3.63) is 34.9 Å². The molecule has 0 aliphatic rings. The second kappa shape index (κ2) is 5.46. The van der Waals surface area contributed by atoms with Gasteiger partial charge in [-0.1, -0.05) is 36.2 Å². The first-order valence-corrected chi connectivity index (χ1v) is 5.97. The van der Waals surface area contributed by atoms with E-state index in [4.69, 9.17) is 16.1 Å². The molecule has 18 heavy (non-hydrogen) atoms. The lowest BCUT2D eigenvalue weighted by atomic mass is 10.2. The monoisotopic (exact) mass is 270 g/mol. The van der Waals surface area contributed by atoms with Crippen LogP contribution in [0.15, 0.2) is 22.7 Å². The molecule has 0 aliphatic carbocycles. The summed E-state index contributed by atoms with van der Waals surface area (Å²) in [5.41, 5.74) is 0.0571. The SMILES string of the molecule is CCCC(O)c1noc(-c2c(F)cccc2Cl)n1. The van der Waals surface area contributed by atoms with Gasteiger partial charge >= 0.3 is 0 Å². The topological polar surface area (TPSA) is 59.2 Å². The summed E-state index contributed by atoms with van der Waals surface area (Å²) >= 11 is 5.88. The van der Waals surface area contributed by atoms with Crippen LogP contribution in [0.5, 0.6) is 0 Å². The van der Waals surface area contributed by atoms with Gasteiger partial charge in [0.2, 0.25) is 5.82 Å². The van der Waals surface area contributed by atoms with Crippen LogP contribution < -0.4 is 0 Å². The second-order valence-corrected chi connectivity index (χ2v) is 4.27. The average Bonchev–Trinajstić information content (AvgIpc) is 2.78. The van der Waals surface area contributed by atoms with Crippen molar-refractivity contribution in [2.75, 3.05) is 0 Å². The number of hydrogen-bond acceptors (Lipinski definition) is 4. The minimum atomic E-state index is -0.807. The van der Waals surface area contributed by atoms with Gasteiger partial charge in [-0.2, -0.15) is 4.98 Å². The minimum Gasteiger partial charge on any atom is -0.385 e. The van der Waals surface area contributed by atoms with E-state index in [0.717, 1.165) is 6.42 Å². The van der Waals surface area contributed by atoms with E-state index >= 15 is 0 Å². The standard InChI is InChI=1S/C12H12ClFN2O2/c1-2-4-9(17)11-15-12(18-16-11)10-7(13)5-3-6-8(10)14/h3,5-6,9,17H,2,4H2,1H3. The molecule has 1 heterocycles. The molecule has 1 aromatic carbocycles. The number of aliphatic hydroxyl groups is 1. The molecular formula is C12H12ClFN2O2. The molecule has 0 spiro atoms. The summed E-state index contributed by atoms with van der Waals surface area (Å²) in [6.45, 7) is 1.93. The number of aromatic nitrogens is 2. The van der Waals surface area contributed by atoms with Gasteiger partial charge in [0.25, 0.3) is 5.89 Å². The van der Waals surface area contributed by atoms with Crippen molar-refractivity contribution >= 4 is 11.6 Å². The fraction of sp³-hybridized carbons (Fsp3) is 0.333. The smallest absolute Gasteiger partial charge is 0.262 e. The lowest BCUT2D eigenvalue weighted by Crippen LogP contribution is -1.99. The van der Waals surface area contributed by atoms with Gasteiger partial charge < -0.3 is 9.63 Å². The molecule has 2 aromatic rings. The Balaban J connectivity index is 2.35. The molecule has 4 nitrogen and oxygen atoms in total. The first-order chi connectivity index (χ1) is 8.63. The minimum absolute atomic E-state index is 0.0248. The van der Waals surface area contributed by atoms with Crippen LogP contribution in [0, 0.1) is 5.82 Å². The largest absolute Gasteiger partial charge is 0.385 e. The zero-order chi connectivity index (χ0) is 13.1. The lowest BCUT2D eigenvalue weighted by molar-refractivity contribution is 0.153. The predicted octanol–water partition coefficient (Wildman–Crippen LogP) is 3.36. The fourth-order valence-corrected chi connectivity index (χ4v) is 1.82. The van der Waals surface area contributed by atoms with Crippen LogP contribution in [0.25, 0.3) is 11.5 Å². The first-order valence-electron chi connectivity index (χ1n) is 5.59. The predicted molar refractivity (Wildman–Crippen MR) is 64.6 cm³/mol. The lowest BCUT2D eigenvalue weighted by Gasteiger charge is -2.01. The van der Waals surface area contributed by atoms with Crippen molar-refractivity contribution in [3.8, 4) is 11.5 Å². The Kier molecular flexibility index (Phi) is 3.93. The Bertz CT molecular complexity index is 524. The third-order valence-corrected chi connectivity index (χ3v) is 2.79. The molecule has 2 rings (SSSR count). The maximum Gasteiger partial charge on any atom is 0.262 e. The van der Waals surface area contributed by atoms with Gasteiger partial charge in [0, 0.05) is 0 Å². The van der Waals surface area contributed by atoms with E-state index in [-0.39, 0.29) is 22.3 Å². The highest BCUT2D eigenvalue weighted by Crippen LogP contribution is 2.30. The van der Waals surface area contributed by atoms with E-state index in [1.807, 2.05) is 6.92 Å². The van der Waals surface area contributed by atoms with Crippen molar-refractivity contribution in [1.29, 1.82) is 0 Å².